The molecular weight excluding hydrogens is 564 g/mol. The first-order chi connectivity index (χ1) is 22.3. The van der Waals surface area contributed by atoms with Crippen molar-refractivity contribution in [1.29, 1.82) is 0 Å². The summed E-state index contributed by atoms with van der Waals surface area (Å²) in [7, 11) is 0. The first kappa shape index (κ1) is 33.3. The topological polar surface area (TPSA) is 52.1 Å². The summed E-state index contributed by atoms with van der Waals surface area (Å²) in [6.45, 7) is 12.9. The van der Waals surface area contributed by atoms with E-state index < -0.39 is 0 Å². The van der Waals surface area contributed by atoms with Crippen LogP contribution in [0.25, 0.3) is 28.9 Å². The fraction of sp³-hybridized carbons (Fsp3) is 0.405. The van der Waals surface area contributed by atoms with Crippen molar-refractivity contribution in [3.63, 3.8) is 0 Å². The second kappa shape index (κ2) is 15.5. The summed E-state index contributed by atoms with van der Waals surface area (Å²) in [5, 5.41) is 2.43. The van der Waals surface area contributed by atoms with Crippen LogP contribution in [0.3, 0.4) is 0 Å². The highest BCUT2D eigenvalue weighted by Crippen LogP contribution is 2.38. The molecule has 0 saturated heterocycles. The smallest absolute Gasteiger partial charge is 0.339 e. The number of carbonyl (C=O) groups is 1. The molecule has 0 aliphatic heterocycles. The van der Waals surface area contributed by atoms with E-state index in [9.17, 15) is 4.79 Å². The van der Waals surface area contributed by atoms with Crippen LogP contribution in [0.2, 0.25) is 0 Å². The van der Waals surface area contributed by atoms with E-state index in [4.69, 9.17) is 14.7 Å². The molecule has 2 atom stereocenters. The molecule has 0 bridgehead atoms. The SMILES string of the molecule is CC.CC1=CC(C)CC(c2cccc(C)n2)=C(c2ccc3/c(c2)=C\C(c2ccc(C(=O)OC4CCCCC4)cn2)=C/C(C)C/C=3)C1. The van der Waals surface area contributed by atoms with Gasteiger partial charge in [0.05, 0.1) is 17.0 Å². The van der Waals surface area contributed by atoms with Gasteiger partial charge in [-0.05, 0) is 140 Å². The van der Waals surface area contributed by atoms with Crippen molar-refractivity contribution in [2.75, 3.05) is 0 Å². The predicted octanol–water partition coefficient (Wildman–Crippen LogP) is 9.27. The molecule has 1 fully saturated rings. The molecule has 3 aromatic rings. The second-order valence-corrected chi connectivity index (χ2v) is 13.1. The molecule has 1 aromatic carbocycles. The van der Waals surface area contributed by atoms with Gasteiger partial charge in [0.1, 0.15) is 6.10 Å². The van der Waals surface area contributed by atoms with Crippen molar-refractivity contribution in [3.05, 3.63) is 111 Å². The standard InChI is InChI=1S/C40H44N2O2.C2H6/c1-26-13-14-30-15-16-31(36-21-27(2)19-28(3)22-37(36)39-12-8-9-29(4)42-39)23-33(30)24-34(20-26)38-18-17-32(25-41-38)40(43)44-35-10-6-5-7-11-35;1-2/h8-9,12,14-20,23-26,28,35H,5-7,10-11,13,21-22H2,1-4H3;1-2H3/b30-14+,33-24-,34-20+;. The average molecular weight is 615 g/mol. The van der Waals surface area contributed by atoms with Crippen LogP contribution in [-0.2, 0) is 4.74 Å². The van der Waals surface area contributed by atoms with E-state index in [1.165, 1.54) is 39.1 Å². The van der Waals surface area contributed by atoms with Crippen molar-refractivity contribution in [2.45, 2.75) is 99.0 Å². The molecule has 4 nitrogen and oxygen atoms in total. The summed E-state index contributed by atoms with van der Waals surface area (Å²) in [5.41, 5.74) is 9.94. The summed E-state index contributed by atoms with van der Waals surface area (Å²) in [6, 6.07) is 17.1. The summed E-state index contributed by atoms with van der Waals surface area (Å²) in [5.74, 6) is 0.558. The molecule has 46 heavy (non-hydrogen) atoms. The van der Waals surface area contributed by atoms with Gasteiger partial charge in [0.2, 0.25) is 0 Å². The minimum atomic E-state index is -0.265. The van der Waals surface area contributed by atoms with Crippen molar-refractivity contribution < 1.29 is 9.53 Å². The Hall–Kier alpha value is -4.05. The third kappa shape index (κ3) is 8.20. The summed E-state index contributed by atoms with van der Waals surface area (Å²) >= 11 is 0. The predicted molar refractivity (Wildman–Crippen MR) is 192 cm³/mol. The van der Waals surface area contributed by atoms with Crippen molar-refractivity contribution in [3.8, 4) is 0 Å². The van der Waals surface area contributed by atoms with Gasteiger partial charge in [-0.25, -0.2) is 4.79 Å². The van der Waals surface area contributed by atoms with E-state index in [2.05, 4.69) is 88.4 Å². The highest BCUT2D eigenvalue weighted by Gasteiger charge is 2.21. The number of allylic oxidation sites excluding steroid dienone is 6. The molecular formula is C42H50N2O2. The van der Waals surface area contributed by atoms with Gasteiger partial charge in [-0.1, -0.05) is 76.1 Å². The van der Waals surface area contributed by atoms with Crippen molar-refractivity contribution in [2.24, 2.45) is 11.8 Å². The van der Waals surface area contributed by atoms with Crippen LogP contribution in [0, 0.1) is 18.8 Å². The molecule has 2 unspecified atom stereocenters. The van der Waals surface area contributed by atoms with E-state index in [-0.39, 0.29) is 12.1 Å². The maximum atomic E-state index is 12.8. The number of rotatable bonds is 5. The molecule has 2 heterocycles. The summed E-state index contributed by atoms with van der Waals surface area (Å²) < 4.78 is 5.79. The van der Waals surface area contributed by atoms with E-state index >= 15 is 0 Å². The Morgan fingerprint density at radius 3 is 2.39 bits per heavy atom. The lowest BCUT2D eigenvalue weighted by Crippen LogP contribution is -2.26. The monoisotopic (exact) mass is 614 g/mol. The zero-order chi connectivity index (χ0) is 32.6. The van der Waals surface area contributed by atoms with Gasteiger partial charge in [-0.2, -0.15) is 0 Å². The number of hydrogen-bond acceptors (Lipinski definition) is 4. The molecule has 240 valence electrons. The number of nitrogens with zero attached hydrogens (tertiary/aromatic N) is 2. The average Bonchev–Trinajstić information content (AvgIpc) is 3.21. The number of carbonyl (C=O) groups excluding carboxylic acids is 1. The lowest BCUT2D eigenvalue weighted by Gasteiger charge is -2.21. The number of benzene rings is 1. The Bertz CT molecular complexity index is 1750. The Labute approximate surface area is 275 Å². The van der Waals surface area contributed by atoms with E-state index in [1.807, 2.05) is 26.0 Å². The van der Waals surface area contributed by atoms with E-state index in [1.54, 1.807) is 6.20 Å². The van der Waals surface area contributed by atoms with Crippen molar-refractivity contribution in [1.82, 2.24) is 9.97 Å². The molecule has 6 rings (SSSR count). The number of hydrogen-bond donors (Lipinski definition) is 0. The molecule has 3 aliphatic carbocycles. The quantitative estimate of drug-likeness (QED) is 0.212. The lowest BCUT2D eigenvalue weighted by atomic mass is 9.89. The number of esters is 1. The number of aromatic nitrogens is 2. The first-order valence-electron chi connectivity index (χ1n) is 17.4. The normalized spacial score (nSPS) is 22.8. The zero-order valence-electron chi connectivity index (χ0n) is 28.6. The molecule has 0 N–H and O–H groups in total. The molecule has 0 radical (unpaired) electrons. The molecule has 0 amide bonds. The van der Waals surface area contributed by atoms with Gasteiger partial charge < -0.3 is 4.74 Å². The van der Waals surface area contributed by atoms with Gasteiger partial charge in [-0.3, -0.25) is 9.97 Å². The maximum Gasteiger partial charge on any atom is 0.339 e. The fourth-order valence-electron chi connectivity index (χ4n) is 6.90. The minimum Gasteiger partial charge on any atom is -0.459 e. The van der Waals surface area contributed by atoms with Crippen LogP contribution in [0.15, 0.2) is 72.5 Å². The second-order valence-electron chi connectivity index (χ2n) is 13.1. The van der Waals surface area contributed by atoms with Crippen LogP contribution in [-0.4, -0.2) is 22.0 Å². The van der Waals surface area contributed by atoms with Crippen LogP contribution in [0.5, 0.6) is 0 Å². The van der Waals surface area contributed by atoms with Gasteiger partial charge in [0.15, 0.2) is 0 Å². The Balaban J connectivity index is 0.00000204. The lowest BCUT2D eigenvalue weighted by molar-refractivity contribution is 0.0210. The van der Waals surface area contributed by atoms with Crippen LogP contribution < -0.4 is 10.4 Å². The van der Waals surface area contributed by atoms with Crippen LogP contribution >= 0.6 is 0 Å². The van der Waals surface area contributed by atoms with Gasteiger partial charge >= 0.3 is 5.97 Å². The highest BCUT2D eigenvalue weighted by atomic mass is 16.5. The molecule has 3 aliphatic rings. The minimum absolute atomic E-state index is 0.0358. The molecule has 0 spiro atoms. The Morgan fingerprint density at radius 2 is 1.65 bits per heavy atom. The van der Waals surface area contributed by atoms with E-state index in [0.717, 1.165) is 67.6 Å². The summed E-state index contributed by atoms with van der Waals surface area (Å²) in [4.78, 5) is 22.5. The molecule has 2 aromatic heterocycles. The van der Waals surface area contributed by atoms with Gasteiger partial charge in [0, 0.05) is 11.9 Å². The maximum absolute atomic E-state index is 12.8. The molecule has 1 saturated carbocycles. The fourth-order valence-corrected chi connectivity index (χ4v) is 6.90. The number of aryl methyl sites for hydroxylation is 1. The third-order valence-electron chi connectivity index (χ3n) is 9.15. The van der Waals surface area contributed by atoms with Crippen LogP contribution in [0.4, 0.5) is 0 Å². The molecule has 4 heteroatoms. The highest BCUT2D eigenvalue weighted by molar-refractivity contribution is 5.93. The van der Waals surface area contributed by atoms with Gasteiger partial charge in [-0.15, -0.1) is 0 Å². The van der Waals surface area contributed by atoms with E-state index in [0.29, 0.717) is 17.4 Å². The third-order valence-corrected chi connectivity index (χ3v) is 9.15. The summed E-state index contributed by atoms with van der Waals surface area (Å²) in [6.07, 6.45) is 19.3. The van der Waals surface area contributed by atoms with Crippen LogP contribution in [0.1, 0.15) is 119 Å². The van der Waals surface area contributed by atoms with Crippen molar-refractivity contribution >= 4 is 34.8 Å². The van der Waals surface area contributed by atoms with Gasteiger partial charge in [0.25, 0.3) is 0 Å². The Kier molecular flexibility index (Phi) is 11.2. The zero-order valence-corrected chi connectivity index (χ0v) is 28.6. The Morgan fingerprint density at radius 1 is 0.848 bits per heavy atom. The number of pyridine rings is 2. The largest absolute Gasteiger partial charge is 0.459 e. The number of ether oxygens (including phenoxy) is 1. The first-order valence-corrected chi connectivity index (χ1v) is 17.4. The number of fused-ring (bicyclic) bond motifs is 1.